The number of amides is 1. The largest absolute Gasteiger partial charge is 0.356 e. The number of aryl methyl sites for hydroxylation is 1. The van der Waals surface area contributed by atoms with Crippen molar-refractivity contribution in [2.24, 2.45) is 0 Å². The van der Waals surface area contributed by atoms with Crippen LogP contribution >= 0.6 is 11.3 Å². The number of aromatic nitrogens is 1. The molecule has 0 spiro atoms. The van der Waals surface area contributed by atoms with Crippen LogP contribution in [0.5, 0.6) is 0 Å². The number of benzene rings is 2. The van der Waals surface area contributed by atoms with Gasteiger partial charge < -0.3 is 5.32 Å². The predicted octanol–water partition coefficient (Wildman–Crippen LogP) is 5.04. The van der Waals surface area contributed by atoms with E-state index < -0.39 is 0 Å². The number of nitrogens with zero attached hydrogens (tertiary/aromatic N) is 1. The maximum atomic E-state index is 12.1. The van der Waals surface area contributed by atoms with Crippen molar-refractivity contribution in [2.45, 2.75) is 46.0 Å². The molecule has 0 saturated heterocycles. The van der Waals surface area contributed by atoms with Gasteiger partial charge in [-0.2, -0.15) is 0 Å². The fourth-order valence-corrected chi connectivity index (χ4v) is 4.24. The molecule has 1 aromatic heterocycles. The van der Waals surface area contributed by atoms with Gasteiger partial charge in [-0.25, -0.2) is 4.98 Å². The van der Waals surface area contributed by atoms with E-state index in [9.17, 15) is 4.79 Å². The number of thiazole rings is 1. The van der Waals surface area contributed by atoms with Gasteiger partial charge in [0.05, 0.1) is 17.1 Å². The summed E-state index contributed by atoms with van der Waals surface area (Å²) in [6, 6.07) is 14.8. The molecule has 3 rings (SSSR count). The van der Waals surface area contributed by atoms with E-state index in [1.165, 1.54) is 22.8 Å². The molecule has 0 fully saturated rings. The molecule has 1 heterocycles. The normalized spacial score (nSPS) is 11.0. The van der Waals surface area contributed by atoms with Crippen LogP contribution in [-0.4, -0.2) is 17.4 Å². The number of hydrogen-bond acceptors (Lipinski definition) is 3. The Hall–Kier alpha value is -2.20. The number of carbonyl (C=O) groups excluding carboxylic acids is 1. The van der Waals surface area contributed by atoms with Crippen molar-refractivity contribution in [2.75, 3.05) is 6.54 Å². The first-order valence-electron chi connectivity index (χ1n) is 9.36. The van der Waals surface area contributed by atoms with Crippen LogP contribution in [-0.2, 0) is 17.6 Å². The van der Waals surface area contributed by atoms with Crippen LogP contribution in [0.3, 0.4) is 0 Å². The Kier molecular flexibility index (Phi) is 6.40. The second-order valence-electron chi connectivity index (χ2n) is 6.67. The lowest BCUT2D eigenvalue weighted by molar-refractivity contribution is -0.120. The number of unbranched alkanes of at least 4 members (excludes halogenated alkanes) is 2. The maximum absolute atomic E-state index is 12.1. The molecule has 3 nitrogen and oxygen atoms in total. The van der Waals surface area contributed by atoms with Gasteiger partial charge in [-0.15, -0.1) is 11.3 Å². The summed E-state index contributed by atoms with van der Waals surface area (Å²) in [7, 11) is 0. The zero-order valence-electron chi connectivity index (χ0n) is 15.5. The number of carbonyl (C=O) groups is 1. The van der Waals surface area contributed by atoms with Crippen LogP contribution in [0.1, 0.15) is 47.3 Å². The molecule has 0 unspecified atom stereocenters. The van der Waals surface area contributed by atoms with E-state index in [2.05, 4.69) is 54.7 Å². The van der Waals surface area contributed by atoms with Crippen LogP contribution in [0.15, 0.2) is 42.5 Å². The summed E-state index contributed by atoms with van der Waals surface area (Å²) in [6.45, 7) is 4.94. The summed E-state index contributed by atoms with van der Waals surface area (Å²) in [5.41, 5.74) is 2.27. The van der Waals surface area contributed by atoms with E-state index in [-0.39, 0.29) is 5.91 Å². The summed E-state index contributed by atoms with van der Waals surface area (Å²) in [4.78, 5) is 17.9. The third-order valence-corrected chi connectivity index (χ3v) is 5.74. The second-order valence-corrected chi connectivity index (χ2v) is 7.83. The first-order chi connectivity index (χ1) is 12.7. The van der Waals surface area contributed by atoms with Gasteiger partial charge in [0.15, 0.2) is 0 Å². The molecule has 26 heavy (non-hydrogen) atoms. The highest BCUT2D eigenvalue weighted by molar-refractivity contribution is 7.11. The minimum Gasteiger partial charge on any atom is -0.356 e. The van der Waals surface area contributed by atoms with E-state index in [1.807, 2.05) is 6.92 Å². The summed E-state index contributed by atoms with van der Waals surface area (Å²) >= 11 is 1.66. The molecular formula is C22H26N2OS. The van der Waals surface area contributed by atoms with Crippen molar-refractivity contribution in [3.8, 4) is 0 Å². The van der Waals surface area contributed by atoms with Gasteiger partial charge in [-0.1, -0.05) is 62.2 Å². The lowest BCUT2D eigenvalue weighted by atomic mass is 10.0. The van der Waals surface area contributed by atoms with Crippen molar-refractivity contribution in [3.63, 3.8) is 0 Å². The highest BCUT2D eigenvalue weighted by Gasteiger charge is 2.13. The van der Waals surface area contributed by atoms with Gasteiger partial charge in [0.25, 0.3) is 0 Å². The molecule has 136 valence electrons. The van der Waals surface area contributed by atoms with Crippen LogP contribution in [0.25, 0.3) is 10.8 Å². The fraction of sp³-hybridized carbons (Fsp3) is 0.364. The highest BCUT2D eigenvalue weighted by atomic mass is 32.1. The average molecular weight is 367 g/mol. The lowest BCUT2D eigenvalue weighted by Gasteiger charge is -2.04. The molecule has 0 aliphatic carbocycles. The third-order valence-electron chi connectivity index (χ3n) is 4.58. The minimum atomic E-state index is 0.101. The van der Waals surface area contributed by atoms with Gasteiger partial charge >= 0.3 is 0 Å². The Bertz CT molecular complexity index is 879. The van der Waals surface area contributed by atoms with Crippen LogP contribution in [0, 0.1) is 6.92 Å². The molecule has 0 radical (unpaired) electrons. The van der Waals surface area contributed by atoms with Crippen molar-refractivity contribution in [1.29, 1.82) is 0 Å². The monoisotopic (exact) mass is 366 g/mol. The Morgan fingerprint density at radius 2 is 1.92 bits per heavy atom. The Morgan fingerprint density at radius 1 is 1.12 bits per heavy atom. The molecule has 0 aliphatic rings. The number of hydrogen-bond donors (Lipinski definition) is 1. The molecule has 0 aliphatic heterocycles. The smallest absolute Gasteiger partial charge is 0.225 e. The van der Waals surface area contributed by atoms with Crippen LogP contribution < -0.4 is 5.32 Å². The number of nitrogens with one attached hydrogen (secondary N) is 1. The van der Waals surface area contributed by atoms with Gasteiger partial charge in [-0.05, 0) is 29.7 Å². The van der Waals surface area contributed by atoms with Crippen molar-refractivity contribution in [1.82, 2.24) is 10.3 Å². The van der Waals surface area contributed by atoms with Crippen molar-refractivity contribution < 1.29 is 4.79 Å². The summed E-state index contributed by atoms with van der Waals surface area (Å²) in [6.07, 6.45) is 4.63. The standard InChI is InChI=1S/C22H26N2OS/c1-3-4-7-13-23-21(25)15-20-16(2)24-22(26-20)14-18-11-8-10-17-9-5-6-12-19(17)18/h5-6,8-12H,3-4,7,13-15H2,1-2H3,(H,23,25). The number of fused-ring (bicyclic) bond motifs is 1. The lowest BCUT2D eigenvalue weighted by Crippen LogP contribution is -2.25. The Morgan fingerprint density at radius 3 is 2.77 bits per heavy atom. The second kappa shape index (κ2) is 8.95. The summed E-state index contributed by atoms with van der Waals surface area (Å²) < 4.78 is 0. The molecular weight excluding hydrogens is 340 g/mol. The quantitative estimate of drug-likeness (QED) is 0.567. The SMILES string of the molecule is CCCCCNC(=O)Cc1sc(Cc2cccc3ccccc23)nc1C. The molecule has 0 bridgehead atoms. The van der Waals surface area contributed by atoms with Gasteiger partial charge in [0.2, 0.25) is 5.91 Å². The zero-order chi connectivity index (χ0) is 18.4. The first-order valence-corrected chi connectivity index (χ1v) is 10.2. The molecule has 2 aromatic carbocycles. The predicted molar refractivity (Wildman–Crippen MR) is 110 cm³/mol. The van der Waals surface area contributed by atoms with E-state index >= 15 is 0 Å². The fourth-order valence-electron chi connectivity index (χ4n) is 3.15. The van der Waals surface area contributed by atoms with E-state index in [1.54, 1.807) is 11.3 Å². The first kappa shape index (κ1) is 18.6. The minimum absolute atomic E-state index is 0.101. The average Bonchev–Trinajstić information content (AvgIpc) is 2.98. The topological polar surface area (TPSA) is 42.0 Å². The maximum Gasteiger partial charge on any atom is 0.225 e. The van der Waals surface area contributed by atoms with Gasteiger partial charge in [0, 0.05) is 17.8 Å². The summed E-state index contributed by atoms with van der Waals surface area (Å²) in [5.74, 6) is 0.101. The van der Waals surface area contributed by atoms with E-state index in [4.69, 9.17) is 4.98 Å². The van der Waals surface area contributed by atoms with Gasteiger partial charge in [0.1, 0.15) is 0 Å². The van der Waals surface area contributed by atoms with E-state index in [0.29, 0.717) is 6.42 Å². The van der Waals surface area contributed by atoms with Crippen LogP contribution in [0.4, 0.5) is 0 Å². The molecule has 0 saturated carbocycles. The van der Waals surface area contributed by atoms with Crippen molar-refractivity contribution >= 4 is 28.0 Å². The van der Waals surface area contributed by atoms with Crippen LogP contribution in [0.2, 0.25) is 0 Å². The highest BCUT2D eigenvalue weighted by Crippen LogP contribution is 2.25. The Labute approximate surface area is 159 Å². The molecule has 4 heteroatoms. The zero-order valence-corrected chi connectivity index (χ0v) is 16.4. The third kappa shape index (κ3) is 4.70. The Balaban J connectivity index is 1.67. The summed E-state index contributed by atoms with van der Waals surface area (Å²) in [5, 5.41) is 6.62. The number of rotatable bonds is 8. The molecule has 0 atom stereocenters. The van der Waals surface area contributed by atoms with Gasteiger partial charge in [-0.3, -0.25) is 4.79 Å². The molecule has 3 aromatic rings. The van der Waals surface area contributed by atoms with E-state index in [0.717, 1.165) is 41.4 Å². The molecule has 1 amide bonds. The van der Waals surface area contributed by atoms with Crippen molar-refractivity contribution in [3.05, 3.63) is 63.6 Å². The molecule has 1 N–H and O–H groups in total.